The van der Waals surface area contributed by atoms with E-state index >= 15 is 0 Å². The average molecular weight is 323 g/mol. The number of aliphatic hydroxyl groups excluding tert-OH is 1. The molecule has 0 saturated carbocycles. The summed E-state index contributed by atoms with van der Waals surface area (Å²) in [4.78, 5) is 11.5. The normalized spacial score (nSPS) is 13.3. The van der Waals surface area contributed by atoms with Crippen LogP contribution in [-0.2, 0) is 0 Å². The van der Waals surface area contributed by atoms with Gasteiger partial charge in [0.15, 0.2) is 10.6 Å². The van der Waals surface area contributed by atoms with E-state index < -0.39 is 12.1 Å². The molecular formula is C16H21NO4S. The van der Waals surface area contributed by atoms with Crippen LogP contribution in [0.1, 0.15) is 30.4 Å². The minimum absolute atomic E-state index is 0.0457. The van der Waals surface area contributed by atoms with Crippen LogP contribution in [0, 0.1) is 0 Å². The maximum Gasteiger partial charge on any atom is 0.349 e. The Labute approximate surface area is 133 Å². The predicted octanol–water partition coefficient (Wildman–Crippen LogP) is 2.73. The molecule has 0 spiro atoms. The van der Waals surface area contributed by atoms with Gasteiger partial charge in [-0.05, 0) is 32.9 Å². The molecule has 1 atom stereocenters. The Hall–Kier alpha value is -1.63. The average Bonchev–Trinajstić information content (AvgIpc) is 2.81. The molecule has 1 aromatic carbocycles. The Morgan fingerprint density at radius 3 is 2.68 bits per heavy atom. The minimum Gasteiger partial charge on any atom is -0.488 e. The molecule has 0 aliphatic carbocycles. The molecule has 0 radical (unpaired) electrons. The molecular weight excluding hydrogens is 302 g/mol. The van der Waals surface area contributed by atoms with Gasteiger partial charge in [-0.3, -0.25) is 0 Å². The van der Waals surface area contributed by atoms with Crippen molar-refractivity contribution in [1.82, 2.24) is 5.32 Å². The summed E-state index contributed by atoms with van der Waals surface area (Å²) in [6, 6.07) is 7.38. The molecule has 0 bridgehead atoms. The Kier molecular flexibility index (Phi) is 5.05. The number of ether oxygens (including phenoxy) is 1. The Morgan fingerprint density at radius 2 is 2.05 bits per heavy atom. The van der Waals surface area contributed by atoms with Gasteiger partial charge < -0.3 is 20.3 Å². The summed E-state index contributed by atoms with van der Waals surface area (Å²) in [7, 11) is 0. The summed E-state index contributed by atoms with van der Waals surface area (Å²) >= 11 is 1.18. The van der Waals surface area contributed by atoms with Crippen molar-refractivity contribution in [1.29, 1.82) is 0 Å². The van der Waals surface area contributed by atoms with E-state index in [2.05, 4.69) is 5.32 Å². The van der Waals surface area contributed by atoms with Crippen molar-refractivity contribution in [3.05, 3.63) is 29.1 Å². The number of hydrogen-bond donors (Lipinski definition) is 3. The number of benzene rings is 1. The van der Waals surface area contributed by atoms with Crippen LogP contribution >= 0.6 is 11.3 Å². The number of carbonyl (C=O) groups is 1. The number of thiophene rings is 1. The number of fused-ring (bicyclic) bond motifs is 1. The molecule has 0 saturated heterocycles. The maximum atomic E-state index is 11.3. The van der Waals surface area contributed by atoms with Crippen molar-refractivity contribution < 1.29 is 19.7 Å². The minimum atomic E-state index is -1.02. The molecule has 0 amide bonds. The fourth-order valence-corrected chi connectivity index (χ4v) is 2.95. The standard InChI is InChI=1S/C16H21NO4S/c1-16(2,3)17-8-10(18)9-21-13-11-6-4-5-7-12(11)22-14(13)15(19)20/h4-7,10,17-18H,8-9H2,1-3H3,(H,19,20). The summed E-state index contributed by atoms with van der Waals surface area (Å²) in [6.45, 7) is 6.46. The highest BCUT2D eigenvalue weighted by molar-refractivity contribution is 7.21. The summed E-state index contributed by atoms with van der Waals surface area (Å²) in [6.07, 6.45) is -0.709. The number of carboxylic acid groups (broad SMARTS) is 1. The quantitative estimate of drug-likeness (QED) is 0.762. The van der Waals surface area contributed by atoms with E-state index in [0.717, 1.165) is 10.1 Å². The SMILES string of the molecule is CC(C)(C)NCC(O)COc1c(C(=O)O)sc2ccccc12. The van der Waals surface area contributed by atoms with E-state index in [1.54, 1.807) is 0 Å². The van der Waals surface area contributed by atoms with E-state index in [4.69, 9.17) is 4.74 Å². The first-order valence-corrected chi connectivity index (χ1v) is 7.90. The first-order valence-electron chi connectivity index (χ1n) is 7.08. The summed E-state index contributed by atoms with van der Waals surface area (Å²) in [5.41, 5.74) is -0.0950. The fourth-order valence-electron chi connectivity index (χ4n) is 1.97. The molecule has 0 aliphatic rings. The number of aliphatic hydroxyl groups is 1. The molecule has 1 heterocycles. The van der Waals surface area contributed by atoms with Gasteiger partial charge in [0.1, 0.15) is 12.7 Å². The zero-order valence-electron chi connectivity index (χ0n) is 12.9. The highest BCUT2D eigenvalue weighted by Crippen LogP contribution is 2.37. The van der Waals surface area contributed by atoms with Gasteiger partial charge >= 0.3 is 5.97 Å². The smallest absolute Gasteiger partial charge is 0.349 e. The first kappa shape index (κ1) is 16.7. The van der Waals surface area contributed by atoms with Gasteiger partial charge in [0, 0.05) is 22.2 Å². The number of rotatable bonds is 6. The zero-order chi connectivity index (χ0) is 16.3. The van der Waals surface area contributed by atoms with Crippen molar-refractivity contribution in [2.75, 3.05) is 13.2 Å². The number of nitrogens with one attached hydrogen (secondary N) is 1. The molecule has 2 rings (SSSR count). The highest BCUT2D eigenvalue weighted by atomic mass is 32.1. The number of hydrogen-bond acceptors (Lipinski definition) is 5. The molecule has 6 heteroatoms. The van der Waals surface area contributed by atoms with E-state index in [1.807, 2.05) is 45.0 Å². The van der Waals surface area contributed by atoms with Crippen LogP contribution in [0.15, 0.2) is 24.3 Å². The van der Waals surface area contributed by atoms with Crippen LogP contribution < -0.4 is 10.1 Å². The largest absolute Gasteiger partial charge is 0.488 e. The van der Waals surface area contributed by atoms with Crippen molar-refractivity contribution in [2.45, 2.75) is 32.4 Å². The van der Waals surface area contributed by atoms with Crippen LogP contribution in [0.3, 0.4) is 0 Å². The number of carboxylic acids is 1. The van der Waals surface area contributed by atoms with Crippen molar-refractivity contribution in [3.8, 4) is 5.75 Å². The van der Waals surface area contributed by atoms with Crippen LogP contribution in [0.5, 0.6) is 5.75 Å². The van der Waals surface area contributed by atoms with Gasteiger partial charge in [-0.25, -0.2) is 4.79 Å². The third kappa shape index (κ3) is 4.19. The zero-order valence-corrected chi connectivity index (χ0v) is 13.7. The lowest BCUT2D eigenvalue weighted by atomic mass is 10.1. The van der Waals surface area contributed by atoms with E-state index in [9.17, 15) is 15.0 Å². The van der Waals surface area contributed by atoms with Gasteiger partial charge in [-0.1, -0.05) is 12.1 Å². The molecule has 5 nitrogen and oxygen atoms in total. The van der Waals surface area contributed by atoms with Crippen molar-refractivity contribution in [2.24, 2.45) is 0 Å². The molecule has 2 aromatic rings. The van der Waals surface area contributed by atoms with Gasteiger partial charge in [-0.15, -0.1) is 11.3 Å². The number of aromatic carboxylic acids is 1. The Morgan fingerprint density at radius 1 is 1.36 bits per heavy atom. The van der Waals surface area contributed by atoms with Gasteiger partial charge in [0.05, 0.1) is 0 Å². The third-order valence-corrected chi connectivity index (χ3v) is 4.17. The van der Waals surface area contributed by atoms with Crippen molar-refractivity contribution >= 4 is 27.4 Å². The molecule has 1 unspecified atom stereocenters. The lowest BCUT2D eigenvalue weighted by Crippen LogP contribution is -2.42. The topological polar surface area (TPSA) is 78.8 Å². The van der Waals surface area contributed by atoms with Crippen molar-refractivity contribution in [3.63, 3.8) is 0 Å². The van der Waals surface area contributed by atoms with Crippen LogP contribution in [0.2, 0.25) is 0 Å². The van der Waals surface area contributed by atoms with Crippen LogP contribution in [0.25, 0.3) is 10.1 Å². The second-order valence-electron chi connectivity index (χ2n) is 6.16. The fraction of sp³-hybridized carbons (Fsp3) is 0.438. The van der Waals surface area contributed by atoms with E-state index in [-0.39, 0.29) is 17.0 Å². The lowest BCUT2D eigenvalue weighted by Gasteiger charge is -2.23. The third-order valence-electron chi connectivity index (χ3n) is 3.03. The van der Waals surface area contributed by atoms with Gasteiger partial charge in [0.2, 0.25) is 0 Å². The monoisotopic (exact) mass is 323 g/mol. The first-order chi connectivity index (χ1) is 10.3. The number of β-amino-alcohol motifs (C(OH)–C–C–N with tert-alkyl or cyclic N) is 1. The molecule has 0 aliphatic heterocycles. The van der Waals surface area contributed by atoms with Crippen LogP contribution in [-0.4, -0.2) is 41.0 Å². The molecule has 120 valence electrons. The van der Waals surface area contributed by atoms with E-state index in [1.165, 1.54) is 11.3 Å². The van der Waals surface area contributed by atoms with E-state index in [0.29, 0.717) is 12.3 Å². The summed E-state index contributed by atoms with van der Waals surface area (Å²) < 4.78 is 6.48. The van der Waals surface area contributed by atoms with Crippen LogP contribution in [0.4, 0.5) is 0 Å². The Balaban J connectivity index is 2.10. The Bertz CT molecular complexity index is 660. The second-order valence-corrected chi connectivity index (χ2v) is 7.21. The predicted molar refractivity (Wildman–Crippen MR) is 88.0 cm³/mol. The summed E-state index contributed by atoms with van der Waals surface area (Å²) in [5.74, 6) is -0.679. The molecule has 1 aromatic heterocycles. The summed E-state index contributed by atoms with van der Waals surface area (Å²) in [5, 5.41) is 23.2. The van der Waals surface area contributed by atoms with Gasteiger partial charge in [0.25, 0.3) is 0 Å². The molecule has 3 N–H and O–H groups in total. The highest BCUT2D eigenvalue weighted by Gasteiger charge is 2.20. The van der Waals surface area contributed by atoms with Gasteiger partial charge in [-0.2, -0.15) is 0 Å². The lowest BCUT2D eigenvalue weighted by molar-refractivity contribution is 0.0689. The second kappa shape index (κ2) is 6.64. The molecule has 0 fully saturated rings. The maximum absolute atomic E-state index is 11.3. The molecule has 22 heavy (non-hydrogen) atoms.